The predicted molar refractivity (Wildman–Crippen MR) is 97.1 cm³/mol. The fraction of sp³-hybridized carbons (Fsp3) is 0.0952. The van der Waals surface area contributed by atoms with Gasteiger partial charge in [0.05, 0.1) is 16.6 Å². The van der Waals surface area contributed by atoms with Crippen LogP contribution in [-0.4, -0.2) is 14.7 Å². The summed E-state index contributed by atoms with van der Waals surface area (Å²) in [6, 6.07) is 23.8. The number of hydrogen-bond donors (Lipinski definition) is 1. The van der Waals surface area contributed by atoms with E-state index in [1.54, 1.807) is 6.07 Å². The molecule has 118 valence electrons. The minimum atomic E-state index is 0.249. The summed E-state index contributed by atoms with van der Waals surface area (Å²) < 4.78 is 2.17. The van der Waals surface area contributed by atoms with Crippen LogP contribution in [0.5, 0.6) is 5.75 Å². The molecule has 3 nitrogen and oxygen atoms in total. The number of aromatic nitrogens is 2. The van der Waals surface area contributed by atoms with Crippen LogP contribution in [-0.2, 0) is 6.54 Å². The van der Waals surface area contributed by atoms with Gasteiger partial charge in [0.25, 0.3) is 0 Å². The lowest BCUT2D eigenvalue weighted by molar-refractivity contribution is 0.476. The van der Waals surface area contributed by atoms with E-state index >= 15 is 0 Å². The number of fused-ring (bicyclic) bond motifs is 1. The average Bonchev–Trinajstić information content (AvgIpc) is 2.96. The first kappa shape index (κ1) is 14.5. The highest BCUT2D eigenvalue weighted by atomic mass is 16.3. The third-order valence-corrected chi connectivity index (χ3v) is 4.39. The van der Waals surface area contributed by atoms with Crippen LogP contribution in [0.1, 0.15) is 11.1 Å². The largest absolute Gasteiger partial charge is 0.507 e. The third kappa shape index (κ3) is 2.44. The van der Waals surface area contributed by atoms with E-state index < -0.39 is 0 Å². The number of nitrogens with zero attached hydrogens (tertiary/aromatic N) is 2. The summed E-state index contributed by atoms with van der Waals surface area (Å²) in [7, 11) is 0. The Morgan fingerprint density at radius 3 is 2.42 bits per heavy atom. The number of benzene rings is 3. The van der Waals surface area contributed by atoms with Gasteiger partial charge in [0.2, 0.25) is 0 Å². The smallest absolute Gasteiger partial charge is 0.145 e. The van der Waals surface area contributed by atoms with Gasteiger partial charge in [-0.15, -0.1) is 0 Å². The molecule has 0 bridgehead atoms. The molecule has 3 aromatic carbocycles. The summed E-state index contributed by atoms with van der Waals surface area (Å²) in [6.07, 6.45) is 0. The second-order valence-electron chi connectivity index (χ2n) is 5.95. The Balaban J connectivity index is 1.94. The molecule has 0 saturated heterocycles. The third-order valence-electron chi connectivity index (χ3n) is 4.39. The summed E-state index contributed by atoms with van der Waals surface area (Å²) >= 11 is 0. The molecule has 4 aromatic rings. The molecule has 0 saturated carbocycles. The molecule has 0 unspecified atom stereocenters. The molecular weight excluding hydrogens is 296 g/mol. The second kappa shape index (κ2) is 5.85. The number of imidazole rings is 1. The zero-order chi connectivity index (χ0) is 16.5. The lowest BCUT2D eigenvalue weighted by Crippen LogP contribution is -2.03. The Morgan fingerprint density at radius 1 is 0.875 bits per heavy atom. The molecule has 1 N–H and O–H groups in total. The topological polar surface area (TPSA) is 38.0 Å². The van der Waals surface area contributed by atoms with Crippen molar-refractivity contribution in [1.82, 2.24) is 9.55 Å². The van der Waals surface area contributed by atoms with Crippen molar-refractivity contribution in [1.29, 1.82) is 0 Å². The molecule has 4 rings (SSSR count). The van der Waals surface area contributed by atoms with E-state index in [4.69, 9.17) is 4.98 Å². The Kier molecular flexibility index (Phi) is 3.54. The van der Waals surface area contributed by atoms with E-state index in [0.29, 0.717) is 0 Å². The molecule has 0 atom stereocenters. The fourth-order valence-corrected chi connectivity index (χ4v) is 3.06. The minimum Gasteiger partial charge on any atom is -0.507 e. The fourth-order valence-electron chi connectivity index (χ4n) is 3.06. The van der Waals surface area contributed by atoms with Crippen molar-refractivity contribution in [3.63, 3.8) is 0 Å². The molecule has 1 aromatic heterocycles. The van der Waals surface area contributed by atoms with Crippen LogP contribution >= 0.6 is 0 Å². The number of rotatable bonds is 3. The highest BCUT2D eigenvalue weighted by Gasteiger charge is 2.15. The molecule has 0 amide bonds. The van der Waals surface area contributed by atoms with E-state index in [-0.39, 0.29) is 5.75 Å². The first-order chi connectivity index (χ1) is 11.7. The van der Waals surface area contributed by atoms with Gasteiger partial charge in [-0.1, -0.05) is 48.5 Å². The number of phenolic OH excluding ortho intramolecular Hbond substituents is 1. The number of hydrogen-bond acceptors (Lipinski definition) is 2. The molecule has 0 aliphatic carbocycles. The van der Waals surface area contributed by atoms with E-state index in [0.717, 1.165) is 29.0 Å². The maximum atomic E-state index is 10.3. The van der Waals surface area contributed by atoms with Gasteiger partial charge < -0.3 is 9.67 Å². The maximum absolute atomic E-state index is 10.3. The number of aryl methyl sites for hydroxylation is 1. The van der Waals surface area contributed by atoms with Crippen molar-refractivity contribution in [3.05, 3.63) is 83.9 Å². The molecule has 0 spiro atoms. The average molecular weight is 314 g/mol. The van der Waals surface area contributed by atoms with Crippen LogP contribution in [0.3, 0.4) is 0 Å². The quantitative estimate of drug-likeness (QED) is 0.592. The monoisotopic (exact) mass is 314 g/mol. The Morgan fingerprint density at radius 2 is 1.58 bits per heavy atom. The molecule has 0 radical (unpaired) electrons. The Hall–Kier alpha value is -3.07. The molecule has 24 heavy (non-hydrogen) atoms. The summed E-state index contributed by atoms with van der Waals surface area (Å²) in [5.41, 5.74) is 5.25. The minimum absolute atomic E-state index is 0.249. The zero-order valence-corrected chi connectivity index (χ0v) is 13.5. The van der Waals surface area contributed by atoms with Gasteiger partial charge in [0, 0.05) is 6.54 Å². The molecule has 0 aliphatic heterocycles. The Labute approximate surface area is 140 Å². The van der Waals surface area contributed by atoms with Crippen LogP contribution in [0.15, 0.2) is 72.8 Å². The van der Waals surface area contributed by atoms with E-state index in [1.165, 1.54) is 11.1 Å². The van der Waals surface area contributed by atoms with Crippen LogP contribution in [0.4, 0.5) is 0 Å². The van der Waals surface area contributed by atoms with Crippen LogP contribution in [0.2, 0.25) is 0 Å². The summed E-state index contributed by atoms with van der Waals surface area (Å²) in [5, 5.41) is 10.3. The van der Waals surface area contributed by atoms with Crippen molar-refractivity contribution < 1.29 is 5.11 Å². The van der Waals surface area contributed by atoms with Crippen molar-refractivity contribution in [2.75, 3.05) is 0 Å². The standard InChI is InChI=1S/C21H18N2O/c1-15-8-2-3-9-16(15)14-23-19-12-6-5-11-18(19)22-21(23)17-10-4-7-13-20(17)24/h2-13,24H,14H2,1H3. The molecular formula is C21H18N2O. The van der Waals surface area contributed by atoms with E-state index in [2.05, 4.69) is 41.8 Å². The van der Waals surface area contributed by atoms with Crippen molar-refractivity contribution in [3.8, 4) is 17.1 Å². The van der Waals surface area contributed by atoms with Gasteiger partial charge in [-0.3, -0.25) is 0 Å². The van der Waals surface area contributed by atoms with Gasteiger partial charge in [-0.05, 0) is 42.3 Å². The maximum Gasteiger partial charge on any atom is 0.145 e. The van der Waals surface area contributed by atoms with Crippen LogP contribution in [0, 0.1) is 6.92 Å². The summed E-state index contributed by atoms with van der Waals surface area (Å²) in [6.45, 7) is 2.84. The van der Waals surface area contributed by atoms with Crippen LogP contribution < -0.4 is 0 Å². The highest BCUT2D eigenvalue weighted by Crippen LogP contribution is 2.31. The Bertz CT molecular complexity index is 1020. The van der Waals surface area contributed by atoms with Crippen molar-refractivity contribution in [2.45, 2.75) is 13.5 Å². The molecule has 1 heterocycles. The second-order valence-corrected chi connectivity index (χ2v) is 5.95. The lowest BCUT2D eigenvalue weighted by Gasteiger charge is -2.12. The van der Waals surface area contributed by atoms with Gasteiger partial charge >= 0.3 is 0 Å². The first-order valence-electron chi connectivity index (χ1n) is 8.02. The van der Waals surface area contributed by atoms with E-state index in [9.17, 15) is 5.11 Å². The number of aromatic hydroxyl groups is 1. The molecule has 0 aliphatic rings. The van der Waals surface area contributed by atoms with Gasteiger partial charge in [0.1, 0.15) is 11.6 Å². The lowest BCUT2D eigenvalue weighted by atomic mass is 10.1. The first-order valence-corrected chi connectivity index (χ1v) is 8.02. The van der Waals surface area contributed by atoms with Crippen molar-refractivity contribution in [2.24, 2.45) is 0 Å². The molecule has 3 heteroatoms. The number of phenols is 1. The summed E-state index contributed by atoms with van der Waals surface area (Å²) in [5.74, 6) is 1.04. The van der Waals surface area contributed by atoms with Gasteiger partial charge in [-0.2, -0.15) is 0 Å². The zero-order valence-electron chi connectivity index (χ0n) is 13.5. The molecule has 0 fully saturated rings. The van der Waals surface area contributed by atoms with Crippen molar-refractivity contribution >= 4 is 11.0 Å². The SMILES string of the molecule is Cc1ccccc1Cn1c(-c2ccccc2O)nc2ccccc21. The normalized spacial score (nSPS) is 11.0. The van der Waals surface area contributed by atoms with Gasteiger partial charge in [0.15, 0.2) is 0 Å². The number of para-hydroxylation sites is 3. The summed E-state index contributed by atoms with van der Waals surface area (Å²) in [4.78, 5) is 4.77. The van der Waals surface area contributed by atoms with Crippen LogP contribution in [0.25, 0.3) is 22.4 Å². The highest BCUT2D eigenvalue weighted by molar-refractivity contribution is 5.82. The predicted octanol–water partition coefficient (Wildman–Crippen LogP) is 4.77. The van der Waals surface area contributed by atoms with E-state index in [1.807, 2.05) is 36.4 Å². The van der Waals surface area contributed by atoms with Gasteiger partial charge in [-0.25, -0.2) is 4.98 Å².